The van der Waals surface area contributed by atoms with Gasteiger partial charge in [0.05, 0.1) is 46.4 Å². The summed E-state index contributed by atoms with van der Waals surface area (Å²) < 4.78 is 35.3. The minimum atomic E-state index is -0.808. The molecule has 0 amide bonds. The summed E-state index contributed by atoms with van der Waals surface area (Å²) in [5.41, 5.74) is 9.79. The Labute approximate surface area is 243 Å². The lowest BCUT2D eigenvalue weighted by Crippen LogP contribution is -2.03. The van der Waals surface area contributed by atoms with Crippen molar-refractivity contribution in [3.8, 4) is 0 Å². The molecule has 2 rings (SSSR count). The first-order valence-corrected chi connectivity index (χ1v) is 12.8. The SMILES string of the molecule is C=CC(=O)OCCCC.CCCCOC(=O)/C=C/c1c(N)cc(F)cc1[N+](=O)[O-].Nc1cc(F)cc([N+](=O)[O-])c1Br. The van der Waals surface area contributed by atoms with Gasteiger partial charge in [0.2, 0.25) is 0 Å². The van der Waals surface area contributed by atoms with Crippen LogP contribution in [0.5, 0.6) is 0 Å². The van der Waals surface area contributed by atoms with Gasteiger partial charge in [0.25, 0.3) is 11.4 Å². The number of unbranched alkanes of at least 4 members (excludes halogenated alkanes) is 2. The average molecular weight is 645 g/mol. The van der Waals surface area contributed by atoms with Crippen molar-refractivity contribution in [1.29, 1.82) is 0 Å². The van der Waals surface area contributed by atoms with E-state index in [1.165, 1.54) is 6.08 Å². The average Bonchev–Trinajstić information content (AvgIpc) is 2.90. The summed E-state index contributed by atoms with van der Waals surface area (Å²) in [6, 6.07) is 3.52. The Kier molecular flexibility index (Phi) is 17.5. The van der Waals surface area contributed by atoms with Gasteiger partial charge in [0.1, 0.15) is 16.1 Å². The van der Waals surface area contributed by atoms with Crippen LogP contribution in [0.15, 0.2) is 47.5 Å². The first kappa shape index (κ1) is 36.6. The molecular weight excluding hydrogens is 614 g/mol. The maximum Gasteiger partial charge on any atom is 0.330 e. The Morgan fingerprint density at radius 3 is 1.83 bits per heavy atom. The van der Waals surface area contributed by atoms with Crippen LogP contribution in [0.2, 0.25) is 0 Å². The zero-order chi connectivity index (χ0) is 31.5. The fraction of sp³-hybridized carbons (Fsp3) is 0.308. The fourth-order valence-corrected chi connectivity index (χ4v) is 2.95. The van der Waals surface area contributed by atoms with Crippen LogP contribution in [0.1, 0.15) is 45.1 Å². The van der Waals surface area contributed by atoms with E-state index in [9.17, 15) is 38.6 Å². The number of nitro benzene ring substituents is 2. The number of nitrogen functional groups attached to an aromatic ring is 2. The van der Waals surface area contributed by atoms with Gasteiger partial charge in [-0.05, 0) is 47.0 Å². The Hall–Kier alpha value is -4.40. The van der Waals surface area contributed by atoms with Gasteiger partial charge in [0, 0.05) is 17.8 Å². The van der Waals surface area contributed by atoms with Crippen molar-refractivity contribution >= 4 is 56.7 Å². The fourth-order valence-electron chi connectivity index (χ4n) is 2.58. The summed E-state index contributed by atoms with van der Waals surface area (Å²) >= 11 is 2.88. The van der Waals surface area contributed by atoms with Crippen LogP contribution >= 0.6 is 15.9 Å². The quantitative estimate of drug-likeness (QED) is 0.0703. The maximum absolute atomic E-state index is 13.1. The number of nitrogens with zero attached hydrogens (tertiary/aromatic N) is 2. The minimum absolute atomic E-state index is 0.0155. The van der Waals surface area contributed by atoms with Crippen LogP contribution in [0, 0.1) is 31.9 Å². The van der Waals surface area contributed by atoms with Crippen molar-refractivity contribution in [3.05, 3.63) is 84.9 Å². The van der Waals surface area contributed by atoms with Crippen LogP contribution in [0.4, 0.5) is 31.5 Å². The summed E-state index contributed by atoms with van der Waals surface area (Å²) in [6.07, 6.45) is 6.96. The van der Waals surface area contributed by atoms with Crippen LogP contribution in [0.3, 0.4) is 0 Å². The van der Waals surface area contributed by atoms with E-state index in [4.69, 9.17) is 16.2 Å². The second-order valence-electron chi connectivity index (χ2n) is 7.85. The number of benzene rings is 2. The standard InChI is InChI=1S/C13H15FN2O4.C7H12O2.C6H4BrFN2O2/c1-2-3-6-20-13(17)5-4-10-11(15)7-9(14)8-12(10)16(18)19;1-3-5-6-9-7(8)4-2;7-6-4(9)1-3(8)2-5(6)10(11)12/h4-5,7-8H,2-3,6,15H2,1H3;4H,2-3,5-6H2,1H3;1-2H,9H2/b5-4+;;. The number of halogens is 3. The lowest BCUT2D eigenvalue weighted by molar-refractivity contribution is -0.385. The molecule has 2 aromatic carbocycles. The Balaban J connectivity index is 0.000000646. The van der Waals surface area contributed by atoms with Gasteiger partial charge >= 0.3 is 11.9 Å². The largest absolute Gasteiger partial charge is 0.463 e. The van der Waals surface area contributed by atoms with E-state index in [0.717, 1.165) is 62.1 Å². The molecule has 15 heteroatoms. The van der Waals surface area contributed by atoms with Crippen LogP contribution < -0.4 is 11.5 Å². The first-order valence-electron chi connectivity index (χ1n) is 12.0. The molecule has 0 unspecified atom stereocenters. The van der Waals surface area contributed by atoms with Crippen molar-refractivity contribution in [1.82, 2.24) is 0 Å². The van der Waals surface area contributed by atoms with Crippen molar-refractivity contribution in [2.45, 2.75) is 39.5 Å². The zero-order valence-electron chi connectivity index (χ0n) is 22.4. The van der Waals surface area contributed by atoms with Gasteiger partial charge in [-0.15, -0.1) is 0 Å². The molecule has 0 aliphatic carbocycles. The summed E-state index contributed by atoms with van der Waals surface area (Å²) in [7, 11) is 0. The molecule has 0 aromatic heterocycles. The van der Waals surface area contributed by atoms with Gasteiger partial charge in [-0.25, -0.2) is 18.4 Å². The Bertz CT molecular complexity index is 1260. The predicted octanol–water partition coefficient (Wildman–Crippen LogP) is 6.27. The monoisotopic (exact) mass is 644 g/mol. The molecule has 0 radical (unpaired) electrons. The summed E-state index contributed by atoms with van der Waals surface area (Å²) in [5, 5.41) is 21.1. The van der Waals surface area contributed by atoms with E-state index < -0.39 is 33.1 Å². The third-order valence-electron chi connectivity index (χ3n) is 4.63. The minimum Gasteiger partial charge on any atom is -0.463 e. The highest BCUT2D eigenvalue weighted by Gasteiger charge is 2.17. The molecule has 224 valence electrons. The zero-order valence-corrected chi connectivity index (χ0v) is 24.0. The molecule has 41 heavy (non-hydrogen) atoms. The molecule has 0 aliphatic heterocycles. The molecule has 2 aromatic rings. The molecular formula is C26H31BrF2N4O8. The molecule has 12 nitrogen and oxygen atoms in total. The Morgan fingerprint density at radius 1 is 0.902 bits per heavy atom. The molecule has 0 spiro atoms. The van der Waals surface area contributed by atoms with Crippen molar-refractivity contribution in [3.63, 3.8) is 0 Å². The Morgan fingerprint density at radius 2 is 1.37 bits per heavy atom. The van der Waals surface area contributed by atoms with Crippen molar-refractivity contribution < 1.29 is 37.7 Å². The number of hydrogen-bond acceptors (Lipinski definition) is 10. The van der Waals surface area contributed by atoms with E-state index in [0.29, 0.717) is 6.61 Å². The number of carbonyl (C=O) groups is 2. The van der Waals surface area contributed by atoms with Gasteiger partial charge in [-0.1, -0.05) is 33.3 Å². The highest BCUT2D eigenvalue weighted by atomic mass is 79.9. The number of anilines is 2. The van der Waals surface area contributed by atoms with E-state index in [1.807, 2.05) is 13.8 Å². The van der Waals surface area contributed by atoms with E-state index in [2.05, 4.69) is 27.2 Å². The molecule has 0 heterocycles. The normalized spacial score (nSPS) is 9.98. The molecule has 4 N–H and O–H groups in total. The molecule has 0 saturated carbocycles. The molecule has 0 aliphatic rings. The second kappa shape index (κ2) is 19.6. The summed E-state index contributed by atoms with van der Waals surface area (Å²) in [5.74, 6) is -2.49. The van der Waals surface area contributed by atoms with Crippen LogP contribution in [-0.4, -0.2) is 35.0 Å². The molecule has 0 fully saturated rings. The van der Waals surface area contributed by atoms with Gasteiger partial charge < -0.3 is 20.9 Å². The molecule has 0 saturated heterocycles. The first-order chi connectivity index (χ1) is 19.3. The highest BCUT2D eigenvalue weighted by molar-refractivity contribution is 9.10. The van der Waals surface area contributed by atoms with Gasteiger partial charge in [-0.3, -0.25) is 20.2 Å². The van der Waals surface area contributed by atoms with Gasteiger partial charge in [-0.2, -0.15) is 0 Å². The number of hydrogen-bond donors (Lipinski definition) is 2. The third kappa shape index (κ3) is 14.5. The van der Waals surface area contributed by atoms with Crippen molar-refractivity contribution in [2.75, 3.05) is 24.7 Å². The third-order valence-corrected chi connectivity index (χ3v) is 5.50. The van der Waals surface area contributed by atoms with Crippen molar-refractivity contribution in [2.24, 2.45) is 0 Å². The number of carbonyl (C=O) groups excluding carboxylic acids is 2. The highest BCUT2D eigenvalue weighted by Crippen LogP contribution is 2.31. The number of nitro groups is 2. The lowest BCUT2D eigenvalue weighted by Gasteiger charge is -2.03. The number of ether oxygens (including phenoxy) is 2. The van der Waals surface area contributed by atoms with Crippen LogP contribution in [-0.2, 0) is 19.1 Å². The summed E-state index contributed by atoms with van der Waals surface area (Å²) in [4.78, 5) is 41.3. The number of esters is 2. The molecule has 0 bridgehead atoms. The maximum atomic E-state index is 13.1. The molecule has 0 atom stereocenters. The van der Waals surface area contributed by atoms with Gasteiger partial charge in [0.15, 0.2) is 0 Å². The summed E-state index contributed by atoms with van der Waals surface area (Å²) in [6.45, 7) is 8.05. The van der Waals surface area contributed by atoms with E-state index in [-0.39, 0.29) is 39.7 Å². The number of nitrogens with two attached hydrogens (primary N) is 2. The van der Waals surface area contributed by atoms with E-state index in [1.54, 1.807) is 0 Å². The smallest absolute Gasteiger partial charge is 0.330 e. The lowest BCUT2D eigenvalue weighted by atomic mass is 10.1. The van der Waals surface area contributed by atoms with E-state index >= 15 is 0 Å². The van der Waals surface area contributed by atoms with Crippen LogP contribution in [0.25, 0.3) is 6.08 Å². The predicted molar refractivity (Wildman–Crippen MR) is 154 cm³/mol. The topological polar surface area (TPSA) is 191 Å². The second-order valence-corrected chi connectivity index (χ2v) is 8.64. The number of rotatable bonds is 11.